The zero-order valence-corrected chi connectivity index (χ0v) is 18.4. The van der Waals surface area contributed by atoms with Crippen molar-refractivity contribution in [3.63, 3.8) is 0 Å². The van der Waals surface area contributed by atoms with Crippen molar-refractivity contribution in [3.05, 3.63) is 72.3 Å². The van der Waals surface area contributed by atoms with E-state index in [-0.39, 0.29) is 6.61 Å². The minimum absolute atomic E-state index is 0.205. The Kier molecular flexibility index (Phi) is 8.92. The number of carbonyl (C=O) groups excluding carboxylic acids is 2. The first-order chi connectivity index (χ1) is 15.7. The van der Waals surface area contributed by atoms with Gasteiger partial charge in [0.1, 0.15) is 11.5 Å². The number of rotatable bonds is 11. The van der Waals surface area contributed by atoms with Crippen LogP contribution in [0.4, 0.5) is 0 Å². The summed E-state index contributed by atoms with van der Waals surface area (Å²) in [5.74, 6) is 0.459. The van der Waals surface area contributed by atoms with Crippen molar-refractivity contribution in [2.24, 2.45) is 0 Å². The van der Waals surface area contributed by atoms with Crippen LogP contribution in [0.2, 0.25) is 0 Å². The van der Waals surface area contributed by atoms with Gasteiger partial charge in [-0.15, -0.1) is 0 Å². The molecule has 3 aromatic rings. The van der Waals surface area contributed by atoms with E-state index in [0.29, 0.717) is 17.9 Å². The number of benzene rings is 3. The smallest absolute Gasteiger partial charge is 0.276 e. The Morgan fingerprint density at radius 3 is 2.25 bits per heavy atom. The Labute approximate surface area is 188 Å². The Balaban J connectivity index is 1.37. The molecule has 168 valence electrons. The monoisotopic (exact) mass is 434 g/mol. The van der Waals surface area contributed by atoms with Crippen molar-refractivity contribution in [1.29, 1.82) is 0 Å². The van der Waals surface area contributed by atoms with Gasteiger partial charge in [-0.25, -0.2) is 0 Å². The highest BCUT2D eigenvalue weighted by Crippen LogP contribution is 2.20. The first-order valence-electron chi connectivity index (χ1n) is 11.1. The minimum Gasteiger partial charge on any atom is -0.494 e. The van der Waals surface area contributed by atoms with Crippen LogP contribution in [0.3, 0.4) is 0 Å². The third kappa shape index (κ3) is 7.30. The van der Waals surface area contributed by atoms with Gasteiger partial charge in [0.05, 0.1) is 6.61 Å². The molecule has 0 radical (unpaired) electrons. The van der Waals surface area contributed by atoms with Gasteiger partial charge in [-0.1, -0.05) is 62.9 Å². The largest absolute Gasteiger partial charge is 0.494 e. The van der Waals surface area contributed by atoms with E-state index in [4.69, 9.17) is 9.47 Å². The fraction of sp³-hybridized carbons (Fsp3) is 0.308. The van der Waals surface area contributed by atoms with Gasteiger partial charge in [0, 0.05) is 5.56 Å². The lowest BCUT2D eigenvalue weighted by molar-refractivity contribution is -0.123. The minimum atomic E-state index is -0.450. The van der Waals surface area contributed by atoms with Crippen LogP contribution in [0.15, 0.2) is 66.7 Å². The van der Waals surface area contributed by atoms with Gasteiger partial charge >= 0.3 is 0 Å². The van der Waals surface area contributed by atoms with Gasteiger partial charge in [-0.2, -0.15) is 0 Å². The number of nitrogens with one attached hydrogen (secondary N) is 2. The lowest BCUT2D eigenvalue weighted by Gasteiger charge is -2.10. The lowest BCUT2D eigenvalue weighted by Crippen LogP contribution is -2.43. The maximum absolute atomic E-state index is 12.2. The summed E-state index contributed by atoms with van der Waals surface area (Å²) in [6.45, 7) is 2.66. The fourth-order valence-electron chi connectivity index (χ4n) is 3.24. The van der Waals surface area contributed by atoms with Crippen LogP contribution < -0.4 is 20.3 Å². The van der Waals surface area contributed by atoms with Crippen molar-refractivity contribution in [2.45, 2.75) is 39.0 Å². The van der Waals surface area contributed by atoms with Gasteiger partial charge in [0.2, 0.25) is 0 Å². The van der Waals surface area contributed by atoms with Crippen LogP contribution >= 0.6 is 0 Å². The van der Waals surface area contributed by atoms with Gasteiger partial charge in [0.15, 0.2) is 6.61 Å². The molecule has 0 aliphatic rings. The number of hydrogen-bond donors (Lipinski definition) is 2. The molecule has 3 aromatic carbocycles. The summed E-state index contributed by atoms with van der Waals surface area (Å²) in [5, 5.41) is 2.13. The van der Waals surface area contributed by atoms with E-state index in [9.17, 15) is 9.59 Å². The molecule has 0 atom stereocenters. The molecule has 0 aromatic heterocycles. The molecule has 0 fully saturated rings. The Morgan fingerprint density at radius 2 is 1.47 bits per heavy atom. The number of fused-ring (bicyclic) bond motifs is 1. The molecule has 0 saturated carbocycles. The van der Waals surface area contributed by atoms with Crippen LogP contribution in [0.1, 0.15) is 49.4 Å². The molecule has 0 saturated heterocycles. The van der Waals surface area contributed by atoms with Crippen molar-refractivity contribution in [3.8, 4) is 11.5 Å². The van der Waals surface area contributed by atoms with E-state index in [1.807, 2.05) is 42.5 Å². The number of hydrogen-bond acceptors (Lipinski definition) is 4. The third-order valence-electron chi connectivity index (χ3n) is 5.04. The second-order valence-corrected chi connectivity index (χ2v) is 7.59. The number of unbranched alkanes of at least 4 members (excludes halogenated alkanes) is 4. The maximum atomic E-state index is 12.2. The molecule has 2 amide bonds. The molecule has 6 nitrogen and oxygen atoms in total. The summed E-state index contributed by atoms with van der Waals surface area (Å²) in [6.07, 6.45) is 5.91. The highest BCUT2D eigenvalue weighted by Gasteiger charge is 2.09. The third-order valence-corrected chi connectivity index (χ3v) is 5.04. The van der Waals surface area contributed by atoms with Gasteiger partial charge in [-0.05, 0) is 53.6 Å². The highest BCUT2D eigenvalue weighted by molar-refractivity contribution is 5.95. The van der Waals surface area contributed by atoms with Crippen LogP contribution in [0, 0.1) is 0 Å². The number of amides is 2. The van der Waals surface area contributed by atoms with Crippen molar-refractivity contribution < 1.29 is 19.1 Å². The van der Waals surface area contributed by atoms with Gasteiger partial charge in [0.25, 0.3) is 11.8 Å². The van der Waals surface area contributed by atoms with E-state index in [1.165, 1.54) is 25.7 Å². The molecule has 2 N–H and O–H groups in total. The molecular weight excluding hydrogens is 404 g/mol. The first kappa shape index (κ1) is 23.1. The van der Waals surface area contributed by atoms with E-state index in [0.717, 1.165) is 22.9 Å². The summed E-state index contributed by atoms with van der Waals surface area (Å²) < 4.78 is 11.2. The van der Waals surface area contributed by atoms with Crippen LogP contribution in [0.25, 0.3) is 10.8 Å². The van der Waals surface area contributed by atoms with E-state index in [1.54, 1.807) is 24.3 Å². The number of carbonyl (C=O) groups is 2. The average Bonchev–Trinajstić information content (AvgIpc) is 2.83. The second kappa shape index (κ2) is 12.3. The summed E-state index contributed by atoms with van der Waals surface area (Å²) in [6, 6.07) is 20.4. The van der Waals surface area contributed by atoms with Crippen molar-refractivity contribution >= 4 is 22.6 Å². The molecule has 32 heavy (non-hydrogen) atoms. The number of ether oxygens (including phenoxy) is 2. The Bertz CT molecular complexity index is 1020. The molecule has 0 spiro atoms. The summed E-state index contributed by atoms with van der Waals surface area (Å²) in [5.41, 5.74) is 5.19. The first-order valence-corrected chi connectivity index (χ1v) is 11.1. The zero-order valence-electron chi connectivity index (χ0n) is 18.4. The average molecular weight is 435 g/mol. The predicted octanol–water partition coefficient (Wildman–Crippen LogP) is 5.03. The summed E-state index contributed by atoms with van der Waals surface area (Å²) in [7, 11) is 0. The quantitative estimate of drug-likeness (QED) is 0.328. The standard InChI is InChI=1S/C26H30N2O4/c1-2-3-4-5-8-17-31-23-14-12-21(13-15-23)26(30)28-27-25(29)19-32-24-16-11-20-9-6-7-10-22(20)18-24/h6-7,9-16,18H,2-5,8,17,19H2,1H3,(H,27,29)(H,28,30). The molecule has 0 unspecified atom stereocenters. The summed E-state index contributed by atoms with van der Waals surface area (Å²) >= 11 is 0. The van der Waals surface area contributed by atoms with E-state index in [2.05, 4.69) is 17.8 Å². The molecule has 0 aliphatic carbocycles. The maximum Gasteiger partial charge on any atom is 0.276 e. The molecule has 3 rings (SSSR count). The predicted molar refractivity (Wildman–Crippen MR) is 126 cm³/mol. The van der Waals surface area contributed by atoms with E-state index >= 15 is 0 Å². The Hall–Kier alpha value is -3.54. The van der Waals surface area contributed by atoms with Gasteiger partial charge in [-0.3, -0.25) is 20.4 Å². The normalized spacial score (nSPS) is 10.5. The lowest BCUT2D eigenvalue weighted by atomic mass is 10.1. The van der Waals surface area contributed by atoms with Crippen molar-refractivity contribution in [1.82, 2.24) is 10.9 Å². The molecule has 0 heterocycles. The molecule has 0 aliphatic heterocycles. The molecular formula is C26H30N2O4. The highest BCUT2D eigenvalue weighted by atomic mass is 16.5. The molecule has 6 heteroatoms. The van der Waals surface area contributed by atoms with Crippen LogP contribution in [0.5, 0.6) is 11.5 Å². The molecule has 0 bridgehead atoms. The SMILES string of the molecule is CCCCCCCOc1ccc(C(=O)NNC(=O)COc2ccc3ccccc3c2)cc1. The second-order valence-electron chi connectivity index (χ2n) is 7.59. The topological polar surface area (TPSA) is 76.7 Å². The zero-order chi connectivity index (χ0) is 22.6. The van der Waals surface area contributed by atoms with Gasteiger partial charge < -0.3 is 9.47 Å². The number of hydrazine groups is 1. The summed E-state index contributed by atoms with van der Waals surface area (Å²) in [4.78, 5) is 24.2. The van der Waals surface area contributed by atoms with Crippen LogP contribution in [-0.4, -0.2) is 25.0 Å². The fourth-order valence-corrected chi connectivity index (χ4v) is 3.24. The van der Waals surface area contributed by atoms with Crippen LogP contribution in [-0.2, 0) is 4.79 Å². The van der Waals surface area contributed by atoms with Crippen molar-refractivity contribution in [2.75, 3.05) is 13.2 Å². The Morgan fingerprint density at radius 1 is 0.750 bits per heavy atom. The van der Waals surface area contributed by atoms with E-state index < -0.39 is 11.8 Å².